The van der Waals surface area contributed by atoms with Crippen LogP contribution in [0.3, 0.4) is 0 Å². The quantitative estimate of drug-likeness (QED) is 0.832. The summed E-state index contributed by atoms with van der Waals surface area (Å²) in [5.41, 5.74) is 0.0301. The van der Waals surface area contributed by atoms with Crippen LogP contribution in [-0.2, 0) is 6.42 Å². The topological polar surface area (TPSA) is 50.9 Å². The summed E-state index contributed by atoms with van der Waals surface area (Å²) in [6, 6.07) is 0.333. The molecule has 21 heavy (non-hydrogen) atoms. The number of aromatic nitrogens is 3. The van der Waals surface area contributed by atoms with Gasteiger partial charge in [0.05, 0.1) is 0 Å². The van der Waals surface area contributed by atoms with Gasteiger partial charge in [-0.3, -0.25) is 0 Å². The monoisotopic (exact) mass is 293 g/mol. The molecule has 1 aliphatic rings. The summed E-state index contributed by atoms with van der Waals surface area (Å²) >= 11 is 0. The van der Waals surface area contributed by atoms with Crippen LogP contribution in [0, 0.1) is 11.3 Å². The molecule has 4 nitrogen and oxygen atoms in total. The van der Waals surface area contributed by atoms with E-state index in [0.717, 1.165) is 31.0 Å². The van der Waals surface area contributed by atoms with Gasteiger partial charge in [-0.1, -0.05) is 26.2 Å². The minimum atomic E-state index is 0.0301. The first-order valence-electron chi connectivity index (χ1n) is 8.59. The normalized spacial score (nSPS) is 26.4. The van der Waals surface area contributed by atoms with Crippen LogP contribution < -0.4 is 0 Å². The Morgan fingerprint density at radius 2 is 2.10 bits per heavy atom. The molecule has 1 heterocycles. The standard InChI is InChI=1S/C17H31N3O/c1-4-5-6-15-7-9-17(12-21,10-8-15)11-16-18-13-19-20(16)14(2)3/h13-15,21H,4-12H2,1-3H3. The molecule has 0 bridgehead atoms. The van der Waals surface area contributed by atoms with E-state index >= 15 is 0 Å². The molecule has 1 fully saturated rings. The Hall–Kier alpha value is -0.900. The molecular weight excluding hydrogens is 262 g/mol. The molecule has 0 atom stereocenters. The van der Waals surface area contributed by atoms with Crippen molar-refractivity contribution in [3.05, 3.63) is 12.2 Å². The van der Waals surface area contributed by atoms with E-state index in [2.05, 4.69) is 30.9 Å². The summed E-state index contributed by atoms with van der Waals surface area (Å²) in [5, 5.41) is 14.3. The molecule has 1 saturated carbocycles. The Labute approximate surface area is 129 Å². The summed E-state index contributed by atoms with van der Waals surface area (Å²) < 4.78 is 2.00. The van der Waals surface area contributed by atoms with Crippen LogP contribution in [0.2, 0.25) is 0 Å². The van der Waals surface area contributed by atoms with Gasteiger partial charge in [-0.2, -0.15) is 5.10 Å². The van der Waals surface area contributed by atoms with E-state index in [9.17, 15) is 5.11 Å². The molecular formula is C17H31N3O. The maximum atomic E-state index is 9.97. The van der Waals surface area contributed by atoms with Crippen molar-refractivity contribution in [1.82, 2.24) is 14.8 Å². The summed E-state index contributed by atoms with van der Waals surface area (Å²) in [5.74, 6) is 1.90. The molecule has 0 aliphatic heterocycles. The summed E-state index contributed by atoms with van der Waals surface area (Å²) in [6.45, 7) is 6.80. The van der Waals surface area contributed by atoms with Crippen LogP contribution in [0.4, 0.5) is 0 Å². The van der Waals surface area contributed by atoms with Crippen LogP contribution in [0.1, 0.15) is 77.6 Å². The summed E-state index contributed by atoms with van der Waals surface area (Å²) in [4.78, 5) is 4.43. The maximum absolute atomic E-state index is 9.97. The molecule has 120 valence electrons. The van der Waals surface area contributed by atoms with Gasteiger partial charge >= 0.3 is 0 Å². The Balaban J connectivity index is 1.98. The number of hydrogen-bond donors (Lipinski definition) is 1. The molecule has 0 radical (unpaired) electrons. The minimum absolute atomic E-state index is 0.0301. The molecule has 2 rings (SSSR count). The third-order valence-corrected chi connectivity index (χ3v) is 5.14. The van der Waals surface area contributed by atoms with E-state index in [1.165, 1.54) is 32.1 Å². The first-order valence-corrected chi connectivity index (χ1v) is 8.59. The third-order valence-electron chi connectivity index (χ3n) is 5.14. The van der Waals surface area contributed by atoms with Crippen LogP contribution in [0.5, 0.6) is 0 Å². The van der Waals surface area contributed by atoms with Crippen molar-refractivity contribution in [1.29, 1.82) is 0 Å². The minimum Gasteiger partial charge on any atom is -0.396 e. The van der Waals surface area contributed by atoms with Crippen molar-refractivity contribution >= 4 is 0 Å². The van der Waals surface area contributed by atoms with E-state index in [-0.39, 0.29) is 12.0 Å². The van der Waals surface area contributed by atoms with Gasteiger partial charge in [-0.25, -0.2) is 9.67 Å². The highest BCUT2D eigenvalue weighted by Crippen LogP contribution is 2.42. The fourth-order valence-corrected chi connectivity index (χ4v) is 3.63. The Morgan fingerprint density at radius 1 is 1.38 bits per heavy atom. The van der Waals surface area contributed by atoms with Gasteiger partial charge in [-0.15, -0.1) is 0 Å². The maximum Gasteiger partial charge on any atom is 0.138 e. The van der Waals surface area contributed by atoms with E-state index < -0.39 is 0 Å². The lowest BCUT2D eigenvalue weighted by Crippen LogP contribution is -2.34. The van der Waals surface area contributed by atoms with Crippen LogP contribution in [0.15, 0.2) is 6.33 Å². The van der Waals surface area contributed by atoms with Gasteiger partial charge in [-0.05, 0) is 45.4 Å². The number of aliphatic hydroxyl groups excluding tert-OH is 1. The molecule has 1 aromatic heterocycles. The SMILES string of the molecule is CCCCC1CCC(CO)(Cc2ncnn2C(C)C)CC1. The number of aliphatic hydroxyl groups is 1. The van der Waals surface area contributed by atoms with Gasteiger partial charge in [0.2, 0.25) is 0 Å². The van der Waals surface area contributed by atoms with Crippen molar-refractivity contribution < 1.29 is 5.11 Å². The molecule has 4 heteroatoms. The number of rotatable bonds is 7. The molecule has 0 saturated heterocycles. The molecule has 1 aliphatic carbocycles. The lowest BCUT2D eigenvalue weighted by atomic mass is 9.68. The third kappa shape index (κ3) is 4.06. The zero-order chi connectivity index (χ0) is 15.3. The molecule has 0 amide bonds. The second-order valence-corrected chi connectivity index (χ2v) is 7.14. The Morgan fingerprint density at radius 3 is 2.67 bits per heavy atom. The number of nitrogens with zero attached hydrogens (tertiary/aromatic N) is 3. The second kappa shape index (κ2) is 7.39. The number of unbranched alkanes of at least 4 members (excludes halogenated alkanes) is 1. The van der Waals surface area contributed by atoms with E-state index in [1.807, 2.05) is 4.68 Å². The zero-order valence-electron chi connectivity index (χ0n) is 13.9. The zero-order valence-corrected chi connectivity index (χ0v) is 13.9. The van der Waals surface area contributed by atoms with Crippen molar-refractivity contribution in [3.8, 4) is 0 Å². The highest BCUT2D eigenvalue weighted by Gasteiger charge is 2.36. The summed E-state index contributed by atoms with van der Waals surface area (Å²) in [7, 11) is 0. The van der Waals surface area contributed by atoms with Crippen molar-refractivity contribution in [2.45, 2.75) is 78.2 Å². The highest BCUT2D eigenvalue weighted by molar-refractivity contribution is 4.97. The lowest BCUT2D eigenvalue weighted by Gasteiger charge is -2.39. The highest BCUT2D eigenvalue weighted by atomic mass is 16.3. The van der Waals surface area contributed by atoms with E-state index in [0.29, 0.717) is 6.04 Å². The van der Waals surface area contributed by atoms with E-state index in [4.69, 9.17) is 0 Å². The molecule has 1 N–H and O–H groups in total. The second-order valence-electron chi connectivity index (χ2n) is 7.14. The van der Waals surface area contributed by atoms with Gasteiger partial charge in [0.1, 0.15) is 12.2 Å². The van der Waals surface area contributed by atoms with Crippen LogP contribution in [0.25, 0.3) is 0 Å². The van der Waals surface area contributed by atoms with Crippen molar-refractivity contribution in [2.24, 2.45) is 11.3 Å². The fraction of sp³-hybridized carbons (Fsp3) is 0.882. The predicted molar refractivity (Wildman–Crippen MR) is 85.1 cm³/mol. The number of hydrogen-bond acceptors (Lipinski definition) is 3. The smallest absolute Gasteiger partial charge is 0.138 e. The van der Waals surface area contributed by atoms with Crippen LogP contribution >= 0.6 is 0 Å². The van der Waals surface area contributed by atoms with Gasteiger partial charge in [0, 0.05) is 24.5 Å². The Bertz CT molecular complexity index is 419. The summed E-state index contributed by atoms with van der Waals surface area (Å²) in [6.07, 6.45) is 11.3. The molecule has 0 unspecified atom stereocenters. The lowest BCUT2D eigenvalue weighted by molar-refractivity contribution is 0.0590. The molecule has 0 aromatic carbocycles. The largest absolute Gasteiger partial charge is 0.396 e. The average molecular weight is 293 g/mol. The fourth-order valence-electron chi connectivity index (χ4n) is 3.63. The average Bonchev–Trinajstić information content (AvgIpc) is 2.95. The first-order chi connectivity index (χ1) is 10.1. The van der Waals surface area contributed by atoms with Crippen molar-refractivity contribution in [2.75, 3.05) is 6.61 Å². The Kier molecular flexibility index (Phi) is 5.80. The first kappa shape index (κ1) is 16.5. The van der Waals surface area contributed by atoms with Gasteiger partial charge in [0.15, 0.2) is 0 Å². The molecule has 1 aromatic rings. The van der Waals surface area contributed by atoms with E-state index in [1.54, 1.807) is 6.33 Å². The van der Waals surface area contributed by atoms with Gasteiger partial charge < -0.3 is 5.11 Å². The predicted octanol–water partition coefficient (Wildman–Crippen LogP) is 3.76. The van der Waals surface area contributed by atoms with Gasteiger partial charge in [0.25, 0.3) is 0 Å². The van der Waals surface area contributed by atoms with Crippen molar-refractivity contribution in [3.63, 3.8) is 0 Å². The molecule has 0 spiro atoms. The van der Waals surface area contributed by atoms with Crippen LogP contribution in [-0.4, -0.2) is 26.5 Å².